The van der Waals surface area contributed by atoms with Crippen LogP contribution >= 0.6 is 23.1 Å². The smallest absolute Gasteiger partial charge is 0.234 e. The predicted molar refractivity (Wildman–Crippen MR) is 96.4 cm³/mol. The van der Waals surface area contributed by atoms with Crippen molar-refractivity contribution in [1.82, 2.24) is 20.2 Å². The Bertz CT molecular complexity index is 783. The van der Waals surface area contributed by atoms with E-state index in [2.05, 4.69) is 27.8 Å². The summed E-state index contributed by atoms with van der Waals surface area (Å²) in [5.41, 5.74) is 2.05. The van der Waals surface area contributed by atoms with Crippen LogP contribution in [0, 0.1) is 0 Å². The quantitative estimate of drug-likeness (QED) is 0.656. The summed E-state index contributed by atoms with van der Waals surface area (Å²) in [6.07, 6.45) is 0.983. The number of benzene rings is 1. The Morgan fingerprint density at radius 1 is 1.29 bits per heavy atom. The number of hydrogen-bond acceptors (Lipinski definition) is 6. The molecule has 0 spiro atoms. The third-order valence-corrected chi connectivity index (χ3v) is 5.18. The highest BCUT2D eigenvalue weighted by Gasteiger charge is 2.11. The number of hydrogen-bond donors (Lipinski definition) is 1. The Hall–Kier alpha value is -2.19. The van der Waals surface area contributed by atoms with Gasteiger partial charge in [-0.05, 0) is 46.0 Å². The van der Waals surface area contributed by atoms with Gasteiger partial charge >= 0.3 is 0 Å². The summed E-state index contributed by atoms with van der Waals surface area (Å²) >= 11 is 2.98. The van der Waals surface area contributed by atoms with Crippen LogP contribution < -0.4 is 5.32 Å². The molecule has 0 radical (unpaired) electrons. The molecular formula is C16H17N5OS2. The molecule has 24 heavy (non-hydrogen) atoms. The van der Waals surface area contributed by atoms with E-state index >= 15 is 0 Å². The van der Waals surface area contributed by atoms with E-state index in [1.807, 2.05) is 41.8 Å². The highest BCUT2D eigenvalue weighted by atomic mass is 32.2. The maximum atomic E-state index is 12.1. The molecular weight excluding hydrogens is 342 g/mol. The minimum absolute atomic E-state index is 0.0741. The molecule has 0 saturated carbocycles. The van der Waals surface area contributed by atoms with Crippen molar-refractivity contribution in [2.45, 2.75) is 25.0 Å². The van der Waals surface area contributed by atoms with Crippen LogP contribution in [0.2, 0.25) is 0 Å². The highest BCUT2D eigenvalue weighted by molar-refractivity contribution is 7.99. The summed E-state index contributed by atoms with van der Waals surface area (Å²) in [6, 6.07) is 11.9. The van der Waals surface area contributed by atoms with Crippen LogP contribution in [0.4, 0.5) is 5.69 Å². The van der Waals surface area contributed by atoms with Crippen molar-refractivity contribution in [2.75, 3.05) is 11.1 Å². The summed E-state index contributed by atoms with van der Waals surface area (Å²) < 4.78 is 1.71. The van der Waals surface area contributed by atoms with E-state index in [1.165, 1.54) is 22.2 Å². The van der Waals surface area contributed by atoms with Gasteiger partial charge in [-0.1, -0.05) is 36.9 Å². The van der Waals surface area contributed by atoms with Crippen LogP contribution in [-0.2, 0) is 17.8 Å². The summed E-state index contributed by atoms with van der Waals surface area (Å²) in [6.45, 7) is 2.72. The fourth-order valence-corrected chi connectivity index (χ4v) is 3.46. The number of aromatic nitrogens is 4. The maximum Gasteiger partial charge on any atom is 0.234 e. The van der Waals surface area contributed by atoms with Gasteiger partial charge < -0.3 is 5.32 Å². The number of nitrogens with one attached hydrogen (secondary N) is 1. The molecule has 0 unspecified atom stereocenters. The molecule has 3 rings (SSSR count). The Labute approximate surface area is 148 Å². The number of rotatable bonds is 7. The normalized spacial score (nSPS) is 10.7. The first-order valence-corrected chi connectivity index (χ1v) is 9.41. The number of carbonyl (C=O) groups is 1. The largest absolute Gasteiger partial charge is 0.325 e. The fourth-order valence-electron chi connectivity index (χ4n) is 2.10. The van der Waals surface area contributed by atoms with Gasteiger partial charge in [0.25, 0.3) is 0 Å². The van der Waals surface area contributed by atoms with Crippen LogP contribution in [0.15, 0.2) is 46.9 Å². The third kappa shape index (κ3) is 4.42. The molecule has 0 aliphatic heterocycles. The topological polar surface area (TPSA) is 72.7 Å². The van der Waals surface area contributed by atoms with E-state index in [0.29, 0.717) is 11.7 Å². The van der Waals surface area contributed by atoms with Crippen molar-refractivity contribution in [1.29, 1.82) is 0 Å². The lowest BCUT2D eigenvalue weighted by Gasteiger charge is -2.06. The molecule has 2 aromatic heterocycles. The molecule has 0 atom stereocenters. The molecule has 2 heterocycles. The average Bonchev–Trinajstić information content (AvgIpc) is 3.26. The number of thioether (sulfide) groups is 1. The fraction of sp³-hybridized carbons (Fsp3) is 0.250. The van der Waals surface area contributed by atoms with Crippen LogP contribution in [-0.4, -0.2) is 31.9 Å². The molecule has 1 aromatic carbocycles. The molecule has 1 N–H and O–H groups in total. The molecule has 0 fully saturated rings. The van der Waals surface area contributed by atoms with Gasteiger partial charge in [0.05, 0.1) is 12.3 Å². The standard InChI is InChI=1S/C16H17N5OS2/c1-2-12-5-7-13(8-6-12)17-15(22)11-24-16-18-19-20-21(16)10-14-4-3-9-23-14/h3-9H,2,10-11H2,1H3,(H,17,22). The number of anilines is 1. The molecule has 0 aliphatic rings. The van der Waals surface area contributed by atoms with Crippen molar-refractivity contribution in [3.63, 3.8) is 0 Å². The molecule has 0 bridgehead atoms. The van der Waals surface area contributed by atoms with E-state index in [-0.39, 0.29) is 11.7 Å². The maximum absolute atomic E-state index is 12.1. The van der Waals surface area contributed by atoms with E-state index in [9.17, 15) is 4.79 Å². The van der Waals surface area contributed by atoms with Gasteiger partial charge in [0.15, 0.2) is 0 Å². The Kier molecular flexibility index (Phi) is 5.60. The first-order chi connectivity index (χ1) is 11.7. The zero-order valence-corrected chi connectivity index (χ0v) is 14.8. The average molecular weight is 359 g/mol. The molecule has 3 aromatic rings. The zero-order chi connectivity index (χ0) is 16.8. The second kappa shape index (κ2) is 8.07. The summed E-state index contributed by atoms with van der Waals surface area (Å²) in [5.74, 6) is 0.190. The molecule has 1 amide bonds. The van der Waals surface area contributed by atoms with Crippen molar-refractivity contribution >= 4 is 34.7 Å². The Morgan fingerprint density at radius 3 is 2.83 bits per heavy atom. The van der Waals surface area contributed by atoms with Gasteiger partial charge in [-0.15, -0.1) is 16.4 Å². The van der Waals surface area contributed by atoms with Crippen molar-refractivity contribution in [3.05, 3.63) is 52.2 Å². The lowest BCUT2D eigenvalue weighted by Crippen LogP contribution is -2.14. The van der Waals surface area contributed by atoms with Crippen molar-refractivity contribution in [2.24, 2.45) is 0 Å². The minimum Gasteiger partial charge on any atom is -0.325 e. The number of tetrazole rings is 1. The van der Waals surface area contributed by atoms with Gasteiger partial charge in [0, 0.05) is 10.6 Å². The minimum atomic E-state index is -0.0741. The van der Waals surface area contributed by atoms with E-state index in [1.54, 1.807) is 16.0 Å². The lowest BCUT2D eigenvalue weighted by molar-refractivity contribution is -0.113. The van der Waals surface area contributed by atoms with Crippen LogP contribution in [0.5, 0.6) is 0 Å². The molecule has 0 saturated heterocycles. The second-order valence-corrected chi connectivity index (χ2v) is 7.06. The molecule has 124 valence electrons. The molecule has 8 heteroatoms. The first kappa shape index (κ1) is 16.7. The summed E-state index contributed by atoms with van der Waals surface area (Å²) in [4.78, 5) is 13.3. The van der Waals surface area contributed by atoms with Gasteiger partial charge in [0.1, 0.15) is 0 Å². The van der Waals surface area contributed by atoms with Gasteiger partial charge in [-0.3, -0.25) is 4.79 Å². The van der Waals surface area contributed by atoms with Gasteiger partial charge in [-0.25, -0.2) is 4.68 Å². The predicted octanol–water partition coefficient (Wildman–Crippen LogP) is 3.08. The number of thiophene rings is 1. The lowest BCUT2D eigenvalue weighted by atomic mass is 10.1. The van der Waals surface area contributed by atoms with Gasteiger partial charge in [0.2, 0.25) is 11.1 Å². The van der Waals surface area contributed by atoms with Crippen molar-refractivity contribution in [3.8, 4) is 0 Å². The number of amides is 1. The van der Waals surface area contributed by atoms with E-state index in [4.69, 9.17) is 0 Å². The zero-order valence-electron chi connectivity index (χ0n) is 13.2. The van der Waals surface area contributed by atoms with Gasteiger partial charge in [-0.2, -0.15) is 0 Å². The highest BCUT2D eigenvalue weighted by Crippen LogP contribution is 2.18. The van der Waals surface area contributed by atoms with E-state index in [0.717, 1.165) is 12.1 Å². The number of aryl methyl sites for hydroxylation is 1. The third-order valence-electron chi connectivity index (χ3n) is 3.36. The van der Waals surface area contributed by atoms with Crippen LogP contribution in [0.1, 0.15) is 17.4 Å². The van der Waals surface area contributed by atoms with Crippen LogP contribution in [0.3, 0.4) is 0 Å². The Balaban J connectivity index is 1.53. The second-order valence-electron chi connectivity index (χ2n) is 5.09. The Morgan fingerprint density at radius 2 is 2.12 bits per heavy atom. The summed E-state index contributed by atoms with van der Waals surface area (Å²) in [7, 11) is 0. The summed E-state index contributed by atoms with van der Waals surface area (Å²) in [5, 5.41) is 17.2. The van der Waals surface area contributed by atoms with E-state index < -0.39 is 0 Å². The SMILES string of the molecule is CCc1ccc(NC(=O)CSc2nnnn2Cc2cccs2)cc1. The molecule has 6 nitrogen and oxygen atoms in total. The number of carbonyl (C=O) groups excluding carboxylic acids is 1. The monoisotopic (exact) mass is 359 g/mol. The number of nitrogens with zero attached hydrogens (tertiary/aromatic N) is 4. The molecule has 0 aliphatic carbocycles. The van der Waals surface area contributed by atoms with Crippen molar-refractivity contribution < 1.29 is 4.79 Å². The van der Waals surface area contributed by atoms with Crippen LogP contribution in [0.25, 0.3) is 0 Å². The first-order valence-electron chi connectivity index (χ1n) is 7.54.